The number of ether oxygens (including phenoxy) is 2. The standard InChI is InChI=1S/C12H18N2O3/c1-2-5-16-6-7-17-11-4-3-9(12(14)15)8-10(11)13/h3-4,8H,2,5-7,13H2,1H3,(H2,14,15). The molecule has 0 atom stereocenters. The van der Waals surface area contributed by atoms with E-state index in [9.17, 15) is 4.79 Å². The van der Waals surface area contributed by atoms with Gasteiger partial charge in [-0.15, -0.1) is 0 Å². The summed E-state index contributed by atoms with van der Waals surface area (Å²) in [6.07, 6.45) is 0.982. The molecule has 1 aromatic carbocycles. The van der Waals surface area contributed by atoms with Gasteiger partial charge in [0, 0.05) is 12.2 Å². The van der Waals surface area contributed by atoms with Crippen molar-refractivity contribution in [3.63, 3.8) is 0 Å². The van der Waals surface area contributed by atoms with Crippen LogP contribution in [0.3, 0.4) is 0 Å². The highest BCUT2D eigenvalue weighted by Gasteiger charge is 2.05. The monoisotopic (exact) mass is 238 g/mol. The Morgan fingerprint density at radius 2 is 2.06 bits per heavy atom. The third kappa shape index (κ3) is 4.32. The van der Waals surface area contributed by atoms with Crippen molar-refractivity contribution in [1.29, 1.82) is 0 Å². The third-order valence-corrected chi connectivity index (χ3v) is 2.13. The van der Waals surface area contributed by atoms with Gasteiger partial charge in [-0.1, -0.05) is 6.92 Å². The molecule has 1 rings (SSSR count). The van der Waals surface area contributed by atoms with Gasteiger partial charge in [0.15, 0.2) is 0 Å². The molecule has 17 heavy (non-hydrogen) atoms. The number of carbonyl (C=O) groups is 1. The number of nitrogens with two attached hydrogens (primary N) is 2. The minimum Gasteiger partial charge on any atom is -0.489 e. The van der Waals surface area contributed by atoms with Crippen LogP contribution in [0.4, 0.5) is 5.69 Å². The van der Waals surface area contributed by atoms with Gasteiger partial charge in [-0.25, -0.2) is 0 Å². The summed E-state index contributed by atoms with van der Waals surface area (Å²) in [7, 11) is 0. The van der Waals surface area contributed by atoms with Crippen LogP contribution in [0.15, 0.2) is 18.2 Å². The van der Waals surface area contributed by atoms with Crippen LogP contribution in [0.5, 0.6) is 5.75 Å². The Hall–Kier alpha value is -1.75. The predicted octanol–water partition coefficient (Wildman–Crippen LogP) is 1.17. The van der Waals surface area contributed by atoms with Crippen molar-refractivity contribution >= 4 is 11.6 Å². The van der Waals surface area contributed by atoms with Crippen molar-refractivity contribution in [2.24, 2.45) is 5.73 Å². The van der Waals surface area contributed by atoms with Crippen LogP contribution >= 0.6 is 0 Å². The number of primary amides is 1. The van der Waals surface area contributed by atoms with E-state index in [0.29, 0.717) is 30.2 Å². The summed E-state index contributed by atoms with van der Waals surface area (Å²) in [5, 5.41) is 0. The van der Waals surface area contributed by atoms with Crippen LogP contribution in [-0.4, -0.2) is 25.7 Å². The Bertz CT molecular complexity index is 380. The maximum atomic E-state index is 10.9. The highest BCUT2D eigenvalue weighted by atomic mass is 16.5. The van der Waals surface area contributed by atoms with Crippen molar-refractivity contribution in [3.05, 3.63) is 23.8 Å². The van der Waals surface area contributed by atoms with Gasteiger partial charge in [0.05, 0.1) is 12.3 Å². The number of anilines is 1. The molecule has 0 heterocycles. The largest absolute Gasteiger partial charge is 0.489 e. The van der Waals surface area contributed by atoms with E-state index in [2.05, 4.69) is 0 Å². The summed E-state index contributed by atoms with van der Waals surface area (Å²) in [5.74, 6) is 0.0321. The van der Waals surface area contributed by atoms with Crippen molar-refractivity contribution in [2.75, 3.05) is 25.6 Å². The molecule has 0 saturated carbocycles. The van der Waals surface area contributed by atoms with E-state index < -0.39 is 5.91 Å². The first-order valence-corrected chi connectivity index (χ1v) is 5.55. The van der Waals surface area contributed by atoms with Gasteiger partial charge in [0.2, 0.25) is 5.91 Å². The van der Waals surface area contributed by atoms with Gasteiger partial charge in [0.25, 0.3) is 0 Å². The predicted molar refractivity (Wildman–Crippen MR) is 66.0 cm³/mol. The molecule has 0 saturated heterocycles. The lowest BCUT2D eigenvalue weighted by Crippen LogP contribution is -2.12. The fourth-order valence-corrected chi connectivity index (χ4v) is 1.29. The third-order valence-electron chi connectivity index (χ3n) is 2.13. The second kappa shape index (κ2) is 6.75. The topological polar surface area (TPSA) is 87.6 Å². The van der Waals surface area contributed by atoms with E-state index in [-0.39, 0.29) is 0 Å². The zero-order valence-corrected chi connectivity index (χ0v) is 9.94. The number of carbonyl (C=O) groups excluding carboxylic acids is 1. The summed E-state index contributed by atoms with van der Waals surface area (Å²) >= 11 is 0. The number of hydrogen-bond donors (Lipinski definition) is 2. The Labute approximate surface area is 101 Å². The fourth-order valence-electron chi connectivity index (χ4n) is 1.29. The molecular formula is C12H18N2O3. The molecule has 1 aromatic rings. The van der Waals surface area contributed by atoms with Gasteiger partial charge >= 0.3 is 0 Å². The van der Waals surface area contributed by atoms with Gasteiger partial charge in [0.1, 0.15) is 12.4 Å². The Balaban J connectivity index is 2.46. The zero-order chi connectivity index (χ0) is 12.7. The van der Waals surface area contributed by atoms with Crippen LogP contribution in [0.25, 0.3) is 0 Å². The number of benzene rings is 1. The number of nitrogen functional groups attached to an aromatic ring is 1. The number of hydrogen-bond acceptors (Lipinski definition) is 4. The minimum absolute atomic E-state index is 0.372. The van der Waals surface area contributed by atoms with E-state index in [4.69, 9.17) is 20.9 Å². The van der Waals surface area contributed by atoms with E-state index >= 15 is 0 Å². The first kappa shape index (κ1) is 13.3. The number of rotatable bonds is 7. The second-order valence-corrected chi connectivity index (χ2v) is 3.58. The van der Waals surface area contributed by atoms with Crippen LogP contribution in [0.1, 0.15) is 23.7 Å². The summed E-state index contributed by atoms with van der Waals surface area (Å²) in [5.41, 5.74) is 11.6. The Kier molecular flexibility index (Phi) is 5.29. The maximum absolute atomic E-state index is 10.9. The lowest BCUT2D eigenvalue weighted by molar-refractivity contribution is 0.0996. The molecule has 4 N–H and O–H groups in total. The van der Waals surface area contributed by atoms with Gasteiger partial charge < -0.3 is 20.9 Å². The highest BCUT2D eigenvalue weighted by molar-refractivity contribution is 5.94. The van der Waals surface area contributed by atoms with Crippen LogP contribution < -0.4 is 16.2 Å². The number of amides is 1. The minimum atomic E-state index is -0.505. The molecule has 0 aromatic heterocycles. The quantitative estimate of drug-likeness (QED) is 0.551. The van der Waals surface area contributed by atoms with E-state index in [1.54, 1.807) is 12.1 Å². The van der Waals surface area contributed by atoms with Crippen LogP contribution in [0.2, 0.25) is 0 Å². The smallest absolute Gasteiger partial charge is 0.248 e. The van der Waals surface area contributed by atoms with Gasteiger partial charge in [-0.05, 0) is 24.6 Å². The van der Waals surface area contributed by atoms with E-state index in [0.717, 1.165) is 13.0 Å². The van der Waals surface area contributed by atoms with Crippen molar-refractivity contribution in [1.82, 2.24) is 0 Å². The molecule has 0 spiro atoms. The lowest BCUT2D eigenvalue weighted by atomic mass is 10.2. The van der Waals surface area contributed by atoms with Gasteiger partial charge in [-0.3, -0.25) is 4.79 Å². The maximum Gasteiger partial charge on any atom is 0.248 e. The molecule has 0 aliphatic heterocycles. The summed E-state index contributed by atoms with van der Waals surface area (Å²) < 4.78 is 10.7. The molecule has 0 radical (unpaired) electrons. The Morgan fingerprint density at radius 1 is 1.29 bits per heavy atom. The van der Waals surface area contributed by atoms with Crippen LogP contribution in [-0.2, 0) is 4.74 Å². The second-order valence-electron chi connectivity index (χ2n) is 3.58. The average molecular weight is 238 g/mol. The van der Waals surface area contributed by atoms with Crippen LogP contribution in [0, 0.1) is 0 Å². The Morgan fingerprint density at radius 3 is 2.65 bits per heavy atom. The zero-order valence-electron chi connectivity index (χ0n) is 9.94. The van der Waals surface area contributed by atoms with Crippen molar-refractivity contribution in [3.8, 4) is 5.75 Å². The summed E-state index contributed by atoms with van der Waals surface area (Å²) in [6, 6.07) is 4.72. The molecule has 5 heteroatoms. The molecule has 5 nitrogen and oxygen atoms in total. The highest BCUT2D eigenvalue weighted by Crippen LogP contribution is 2.22. The lowest BCUT2D eigenvalue weighted by Gasteiger charge is -2.09. The molecule has 0 fully saturated rings. The molecular weight excluding hydrogens is 220 g/mol. The van der Waals surface area contributed by atoms with Gasteiger partial charge in [-0.2, -0.15) is 0 Å². The fraction of sp³-hybridized carbons (Fsp3) is 0.417. The molecule has 0 bridgehead atoms. The van der Waals surface area contributed by atoms with Crippen molar-refractivity contribution in [2.45, 2.75) is 13.3 Å². The molecule has 0 aliphatic rings. The normalized spacial score (nSPS) is 10.2. The summed E-state index contributed by atoms with van der Waals surface area (Å²) in [4.78, 5) is 10.9. The first-order chi connectivity index (χ1) is 8.15. The SMILES string of the molecule is CCCOCCOc1ccc(C(N)=O)cc1N. The van der Waals surface area contributed by atoms with E-state index in [1.165, 1.54) is 6.07 Å². The van der Waals surface area contributed by atoms with E-state index in [1.807, 2.05) is 6.92 Å². The van der Waals surface area contributed by atoms with Crippen molar-refractivity contribution < 1.29 is 14.3 Å². The molecule has 1 amide bonds. The average Bonchev–Trinajstić information content (AvgIpc) is 2.30. The first-order valence-electron chi connectivity index (χ1n) is 5.55. The molecule has 0 aliphatic carbocycles. The summed E-state index contributed by atoms with van der Waals surface area (Å²) in [6.45, 7) is 3.71. The molecule has 94 valence electrons. The molecule has 0 unspecified atom stereocenters.